The lowest BCUT2D eigenvalue weighted by molar-refractivity contribution is -0.118. The van der Waals surface area contributed by atoms with E-state index in [0.29, 0.717) is 13.2 Å². The second-order valence-corrected chi connectivity index (χ2v) is 3.52. The van der Waals surface area contributed by atoms with Gasteiger partial charge in [-0.15, -0.1) is 0 Å². The summed E-state index contributed by atoms with van der Waals surface area (Å²) in [4.78, 5) is 11.4. The minimum absolute atomic E-state index is 0.130. The Morgan fingerprint density at radius 2 is 1.93 bits per heavy atom. The fourth-order valence-corrected chi connectivity index (χ4v) is 1.29. The zero-order valence-electron chi connectivity index (χ0n) is 8.60. The van der Waals surface area contributed by atoms with Crippen molar-refractivity contribution in [2.45, 2.75) is 32.7 Å². The minimum Gasteiger partial charge on any atom is -0.381 e. The van der Waals surface area contributed by atoms with Crippen molar-refractivity contribution in [2.75, 3.05) is 13.2 Å². The zero-order valence-corrected chi connectivity index (χ0v) is 8.60. The van der Waals surface area contributed by atoms with Crippen LogP contribution in [0.5, 0.6) is 0 Å². The summed E-state index contributed by atoms with van der Waals surface area (Å²) >= 11 is 0. The van der Waals surface area contributed by atoms with E-state index in [1.165, 1.54) is 13.8 Å². The van der Waals surface area contributed by atoms with Crippen LogP contribution in [-0.2, 0) is 9.53 Å². The third-order valence-corrected chi connectivity index (χ3v) is 2.41. The number of carbonyl (C=O) groups is 1. The van der Waals surface area contributed by atoms with E-state index in [1.807, 2.05) is 0 Å². The topological polar surface area (TPSA) is 38.3 Å². The van der Waals surface area contributed by atoms with E-state index >= 15 is 0 Å². The van der Waals surface area contributed by atoms with Crippen LogP contribution in [0.3, 0.4) is 0 Å². The van der Waals surface area contributed by atoms with Gasteiger partial charge in [0.05, 0.1) is 0 Å². The molecule has 1 aliphatic rings. The van der Waals surface area contributed by atoms with E-state index in [2.05, 4.69) is 5.32 Å². The summed E-state index contributed by atoms with van der Waals surface area (Å²) < 4.78 is 17.8. The number of hydrogen-bond acceptors (Lipinski definition) is 2. The van der Waals surface area contributed by atoms with Crippen molar-refractivity contribution in [2.24, 2.45) is 0 Å². The number of hydrogen-bond donors (Lipinski definition) is 1. The summed E-state index contributed by atoms with van der Waals surface area (Å²) in [6.07, 6.45) is 1.62. The predicted molar refractivity (Wildman–Crippen MR) is 51.5 cm³/mol. The van der Waals surface area contributed by atoms with Crippen LogP contribution in [-0.4, -0.2) is 25.2 Å². The molecule has 0 bridgehead atoms. The molecule has 1 fully saturated rings. The summed E-state index contributed by atoms with van der Waals surface area (Å²) in [5.74, 6) is -0.730. The smallest absolute Gasteiger partial charge is 0.249 e. The second-order valence-electron chi connectivity index (χ2n) is 3.52. The first kappa shape index (κ1) is 11.2. The molecular formula is C10H16FNO2. The van der Waals surface area contributed by atoms with Crippen molar-refractivity contribution in [3.8, 4) is 0 Å². The van der Waals surface area contributed by atoms with Crippen molar-refractivity contribution in [1.82, 2.24) is 5.32 Å². The van der Waals surface area contributed by atoms with E-state index < -0.39 is 5.83 Å². The van der Waals surface area contributed by atoms with Gasteiger partial charge in [-0.1, -0.05) is 0 Å². The molecule has 0 aliphatic carbocycles. The lowest BCUT2D eigenvalue weighted by Gasteiger charge is -2.23. The van der Waals surface area contributed by atoms with Gasteiger partial charge in [-0.25, -0.2) is 4.39 Å². The van der Waals surface area contributed by atoms with Gasteiger partial charge in [0.2, 0.25) is 5.91 Å². The van der Waals surface area contributed by atoms with Crippen molar-refractivity contribution < 1.29 is 13.9 Å². The molecule has 1 saturated heterocycles. The number of carbonyl (C=O) groups excluding carboxylic acids is 1. The van der Waals surface area contributed by atoms with Gasteiger partial charge in [-0.05, 0) is 26.7 Å². The summed E-state index contributed by atoms with van der Waals surface area (Å²) in [5, 5.41) is 2.78. The van der Waals surface area contributed by atoms with Crippen LogP contribution in [0, 0.1) is 0 Å². The van der Waals surface area contributed by atoms with Crippen molar-refractivity contribution in [1.29, 1.82) is 0 Å². The Bertz CT molecular complexity index is 241. The van der Waals surface area contributed by atoms with Gasteiger partial charge in [0.15, 0.2) is 0 Å². The first-order valence-corrected chi connectivity index (χ1v) is 4.83. The molecule has 0 aromatic rings. The Hall–Kier alpha value is -0.900. The maximum Gasteiger partial charge on any atom is 0.249 e. The monoisotopic (exact) mass is 201 g/mol. The molecule has 1 rings (SSSR count). The summed E-state index contributed by atoms with van der Waals surface area (Å²) in [7, 11) is 0. The molecule has 0 radical (unpaired) electrons. The standard InChI is InChI=1S/C10H16FNO2/c1-7(8(2)11)10(13)12-9-3-5-14-6-4-9/h9H,3-6H2,1-2H3,(H,12,13). The van der Waals surface area contributed by atoms with Crippen LogP contribution in [0.25, 0.3) is 0 Å². The highest BCUT2D eigenvalue weighted by molar-refractivity contribution is 5.93. The molecular weight excluding hydrogens is 185 g/mol. The maximum absolute atomic E-state index is 12.7. The lowest BCUT2D eigenvalue weighted by atomic mass is 10.1. The molecule has 1 aliphatic heterocycles. The number of halogens is 1. The van der Waals surface area contributed by atoms with Crippen LogP contribution in [0.15, 0.2) is 11.4 Å². The molecule has 1 amide bonds. The number of allylic oxidation sites excluding steroid dienone is 1. The van der Waals surface area contributed by atoms with Gasteiger partial charge in [0, 0.05) is 24.8 Å². The molecule has 0 aromatic heterocycles. The van der Waals surface area contributed by atoms with Crippen molar-refractivity contribution >= 4 is 5.91 Å². The molecule has 14 heavy (non-hydrogen) atoms. The van der Waals surface area contributed by atoms with Crippen LogP contribution in [0.1, 0.15) is 26.7 Å². The van der Waals surface area contributed by atoms with Crippen molar-refractivity contribution in [3.05, 3.63) is 11.4 Å². The van der Waals surface area contributed by atoms with E-state index in [-0.39, 0.29) is 17.5 Å². The molecule has 0 atom stereocenters. The molecule has 4 heteroatoms. The fourth-order valence-electron chi connectivity index (χ4n) is 1.29. The molecule has 0 spiro atoms. The Kier molecular flexibility index (Phi) is 4.07. The normalized spacial score (nSPS) is 20.2. The zero-order chi connectivity index (χ0) is 10.6. The Morgan fingerprint density at radius 3 is 2.43 bits per heavy atom. The molecule has 1 N–H and O–H groups in total. The Balaban J connectivity index is 2.43. The summed E-state index contributed by atoms with van der Waals surface area (Å²) in [6.45, 7) is 4.12. The molecule has 1 heterocycles. The molecule has 3 nitrogen and oxygen atoms in total. The molecule has 0 unspecified atom stereocenters. The first-order valence-electron chi connectivity index (χ1n) is 4.83. The van der Waals surface area contributed by atoms with E-state index in [9.17, 15) is 9.18 Å². The lowest BCUT2D eigenvalue weighted by Crippen LogP contribution is -2.39. The van der Waals surface area contributed by atoms with E-state index in [4.69, 9.17) is 4.74 Å². The highest BCUT2D eigenvalue weighted by Crippen LogP contribution is 2.09. The van der Waals surface area contributed by atoms with Crippen LogP contribution in [0.4, 0.5) is 4.39 Å². The predicted octanol–water partition coefficient (Wildman–Crippen LogP) is 1.55. The van der Waals surface area contributed by atoms with Gasteiger partial charge in [-0.2, -0.15) is 0 Å². The second kappa shape index (κ2) is 5.10. The van der Waals surface area contributed by atoms with Gasteiger partial charge in [0.1, 0.15) is 5.83 Å². The summed E-state index contributed by atoms with van der Waals surface area (Å²) in [6, 6.07) is 0.130. The highest BCUT2D eigenvalue weighted by atomic mass is 19.1. The quantitative estimate of drug-likeness (QED) is 0.688. The minimum atomic E-state index is -0.422. The van der Waals surface area contributed by atoms with E-state index in [0.717, 1.165) is 12.8 Å². The summed E-state index contributed by atoms with van der Waals surface area (Å²) in [5.41, 5.74) is 0.163. The fraction of sp³-hybridized carbons (Fsp3) is 0.700. The van der Waals surface area contributed by atoms with Crippen LogP contribution in [0.2, 0.25) is 0 Å². The molecule has 0 saturated carbocycles. The maximum atomic E-state index is 12.7. The first-order chi connectivity index (χ1) is 6.61. The molecule has 80 valence electrons. The van der Waals surface area contributed by atoms with Crippen molar-refractivity contribution in [3.63, 3.8) is 0 Å². The largest absolute Gasteiger partial charge is 0.381 e. The Morgan fingerprint density at radius 1 is 1.36 bits per heavy atom. The van der Waals surface area contributed by atoms with E-state index in [1.54, 1.807) is 0 Å². The number of nitrogens with one attached hydrogen (secondary N) is 1. The van der Waals surface area contributed by atoms with Gasteiger partial charge in [-0.3, -0.25) is 4.79 Å². The van der Waals surface area contributed by atoms with Gasteiger partial charge < -0.3 is 10.1 Å². The number of rotatable bonds is 2. The molecule has 0 aromatic carbocycles. The highest BCUT2D eigenvalue weighted by Gasteiger charge is 2.17. The van der Waals surface area contributed by atoms with Crippen LogP contribution >= 0.6 is 0 Å². The third kappa shape index (κ3) is 3.10. The Labute approximate surface area is 83.3 Å². The average Bonchev–Trinajstić information content (AvgIpc) is 2.18. The number of amides is 1. The van der Waals surface area contributed by atoms with Gasteiger partial charge >= 0.3 is 0 Å². The third-order valence-electron chi connectivity index (χ3n) is 2.41. The average molecular weight is 201 g/mol. The van der Waals surface area contributed by atoms with Crippen LogP contribution < -0.4 is 5.32 Å². The number of ether oxygens (including phenoxy) is 1. The van der Waals surface area contributed by atoms with Gasteiger partial charge in [0.25, 0.3) is 0 Å². The SMILES string of the molecule is CC(F)=C(C)C(=O)NC1CCOCC1.